The predicted molar refractivity (Wildman–Crippen MR) is 145 cm³/mol. The van der Waals surface area contributed by atoms with Gasteiger partial charge in [0.1, 0.15) is 33.6 Å². The van der Waals surface area contributed by atoms with E-state index in [-0.39, 0.29) is 45.8 Å². The van der Waals surface area contributed by atoms with Crippen LogP contribution in [0.1, 0.15) is 44.8 Å². The van der Waals surface area contributed by atoms with Crippen LogP contribution in [-0.2, 0) is 9.47 Å². The molecule has 13 heteroatoms. The van der Waals surface area contributed by atoms with E-state index in [2.05, 4.69) is 26.8 Å². The standard InChI is InChI=1S/C26H26ClFN6O4S/c1-4-11-38-18-13-34(10-8-17(18)32-24(35)20-15(12-29)19(27)14(3)31-20)26-33-22(21-16(28)7-6-9-30-21)23(39-26)25(36)37-5-2/h4,6-7,9,17-18,31H,1,5,8,10-11,13H2,2-3H3,(H,32,35)/t17-,18+/m1/s1. The molecule has 4 heterocycles. The summed E-state index contributed by atoms with van der Waals surface area (Å²) in [4.78, 5) is 39.3. The Morgan fingerprint density at radius 2 is 2.26 bits per heavy atom. The highest BCUT2D eigenvalue weighted by Gasteiger charge is 2.35. The molecule has 0 aromatic carbocycles. The minimum atomic E-state index is -0.615. The second-order valence-corrected chi connectivity index (χ2v) is 9.98. The first-order valence-corrected chi connectivity index (χ1v) is 13.3. The summed E-state index contributed by atoms with van der Waals surface area (Å²) in [6, 6.07) is 4.27. The lowest BCUT2D eigenvalue weighted by atomic mass is 10.0. The van der Waals surface area contributed by atoms with Crippen molar-refractivity contribution in [3.8, 4) is 17.5 Å². The van der Waals surface area contributed by atoms with Crippen LogP contribution >= 0.6 is 22.9 Å². The molecule has 1 aliphatic rings. The molecule has 0 unspecified atom stereocenters. The number of pyridine rings is 1. The number of carbonyl (C=O) groups is 2. The van der Waals surface area contributed by atoms with Crippen LogP contribution in [0.3, 0.4) is 0 Å². The molecule has 1 amide bonds. The number of aromatic nitrogens is 3. The topological polar surface area (TPSA) is 133 Å². The first-order chi connectivity index (χ1) is 18.8. The summed E-state index contributed by atoms with van der Waals surface area (Å²) in [6.07, 6.45) is 3.01. The number of hydrogen-bond donors (Lipinski definition) is 2. The van der Waals surface area contributed by atoms with E-state index in [0.717, 1.165) is 11.3 Å². The number of rotatable bonds is 9. The number of nitriles is 1. The molecule has 2 atom stereocenters. The Kier molecular flexibility index (Phi) is 8.96. The summed E-state index contributed by atoms with van der Waals surface area (Å²) in [5, 5.41) is 13.1. The number of aryl methyl sites for hydroxylation is 1. The Bertz CT molecular complexity index is 1430. The number of H-pyrrole nitrogens is 1. The zero-order chi connectivity index (χ0) is 28.1. The third kappa shape index (κ3) is 5.95. The fourth-order valence-corrected chi connectivity index (χ4v) is 5.41. The monoisotopic (exact) mass is 572 g/mol. The second kappa shape index (κ2) is 12.4. The summed E-state index contributed by atoms with van der Waals surface area (Å²) >= 11 is 7.23. The van der Waals surface area contributed by atoms with Gasteiger partial charge in [-0.3, -0.25) is 9.78 Å². The van der Waals surface area contributed by atoms with Crippen molar-refractivity contribution in [1.29, 1.82) is 5.26 Å². The Morgan fingerprint density at radius 3 is 2.95 bits per heavy atom. The van der Waals surface area contributed by atoms with Crippen LogP contribution in [0.25, 0.3) is 11.4 Å². The summed E-state index contributed by atoms with van der Waals surface area (Å²) in [5.41, 5.74) is 0.752. The van der Waals surface area contributed by atoms with Gasteiger partial charge >= 0.3 is 5.97 Å². The van der Waals surface area contributed by atoms with Gasteiger partial charge in [0.15, 0.2) is 10.9 Å². The quantitative estimate of drug-likeness (QED) is 0.287. The van der Waals surface area contributed by atoms with E-state index in [1.54, 1.807) is 19.9 Å². The largest absolute Gasteiger partial charge is 0.462 e. The summed E-state index contributed by atoms with van der Waals surface area (Å²) in [5.74, 6) is -1.69. The Balaban J connectivity index is 1.60. The van der Waals surface area contributed by atoms with Gasteiger partial charge in [-0.25, -0.2) is 14.2 Å². The number of anilines is 1. The Morgan fingerprint density at radius 1 is 1.46 bits per heavy atom. The number of halogens is 2. The fraction of sp³-hybridized carbons (Fsp3) is 0.346. The van der Waals surface area contributed by atoms with Gasteiger partial charge in [0.25, 0.3) is 5.91 Å². The first kappa shape index (κ1) is 28.2. The summed E-state index contributed by atoms with van der Waals surface area (Å²) in [6.45, 7) is 8.21. The fourth-order valence-electron chi connectivity index (χ4n) is 4.23. The molecule has 0 aliphatic carbocycles. The second-order valence-electron chi connectivity index (χ2n) is 8.63. The van der Waals surface area contributed by atoms with E-state index in [1.165, 1.54) is 18.3 Å². The van der Waals surface area contributed by atoms with Gasteiger partial charge < -0.3 is 24.7 Å². The molecule has 204 valence electrons. The molecular formula is C26H26ClFN6O4S. The number of nitrogens with zero attached hydrogens (tertiary/aromatic N) is 4. The molecule has 3 aromatic rings. The lowest BCUT2D eigenvalue weighted by Gasteiger charge is -2.38. The summed E-state index contributed by atoms with van der Waals surface area (Å²) < 4.78 is 25.8. The first-order valence-electron chi connectivity index (χ1n) is 12.1. The number of hydrogen-bond acceptors (Lipinski definition) is 9. The van der Waals surface area contributed by atoms with E-state index >= 15 is 0 Å². The number of aromatic amines is 1. The molecule has 0 spiro atoms. The number of nitrogens with one attached hydrogen (secondary N) is 2. The number of thiazole rings is 1. The molecule has 4 rings (SSSR count). The highest BCUT2D eigenvalue weighted by atomic mass is 35.5. The molecular weight excluding hydrogens is 547 g/mol. The molecule has 1 aliphatic heterocycles. The third-order valence-corrected chi connectivity index (χ3v) is 7.65. The maximum Gasteiger partial charge on any atom is 0.350 e. The van der Waals surface area contributed by atoms with Crippen molar-refractivity contribution in [2.45, 2.75) is 32.4 Å². The molecule has 1 saturated heterocycles. The van der Waals surface area contributed by atoms with Gasteiger partial charge in [-0.15, -0.1) is 6.58 Å². The van der Waals surface area contributed by atoms with Crippen molar-refractivity contribution in [2.75, 3.05) is 31.2 Å². The molecule has 1 fully saturated rings. The Hall–Kier alpha value is -3.79. The number of piperidine rings is 1. The molecule has 0 bridgehead atoms. The number of carbonyl (C=O) groups excluding carboxylic acids is 2. The van der Waals surface area contributed by atoms with Crippen LogP contribution in [0.2, 0.25) is 5.02 Å². The third-order valence-electron chi connectivity index (χ3n) is 6.08. The van der Waals surface area contributed by atoms with Gasteiger partial charge in [0, 0.05) is 25.0 Å². The van der Waals surface area contributed by atoms with E-state index in [9.17, 15) is 19.2 Å². The smallest absolute Gasteiger partial charge is 0.350 e. The molecule has 10 nitrogen and oxygen atoms in total. The minimum Gasteiger partial charge on any atom is -0.462 e. The van der Waals surface area contributed by atoms with Crippen LogP contribution in [0.15, 0.2) is 31.0 Å². The maximum absolute atomic E-state index is 14.6. The Labute approximate surface area is 233 Å². The van der Waals surface area contributed by atoms with Gasteiger partial charge in [-0.05, 0) is 32.4 Å². The van der Waals surface area contributed by atoms with Crippen LogP contribution in [0.4, 0.5) is 9.52 Å². The minimum absolute atomic E-state index is 0.0436. The van der Waals surface area contributed by atoms with E-state index < -0.39 is 29.8 Å². The van der Waals surface area contributed by atoms with Crippen molar-refractivity contribution < 1.29 is 23.5 Å². The van der Waals surface area contributed by atoms with E-state index in [0.29, 0.717) is 30.3 Å². The summed E-state index contributed by atoms with van der Waals surface area (Å²) in [7, 11) is 0. The normalized spacial score (nSPS) is 16.9. The number of esters is 1. The van der Waals surface area contributed by atoms with Gasteiger partial charge in [0.05, 0.1) is 30.4 Å². The molecule has 3 aromatic heterocycles. The molecule has 0 radical (unpaired) electrons. The van der Waals surface area contributed by atoms with Gasteiger partial charge in [-0.2, -0.15) is 5.26 Å². The maximum atomic E-state index is 14.6. The van der Waals surface area contributed by atoms with Crippen LogP contribution in [0, 0.1) is 24.1 Å². The lowest BCUT2D eigenvalue weighted by Crippen LogP contribution is -2.55. The van der Waals surface area contributed by atoms with Crippen molar-refractivity contribution in [3.05, 3.63) is 63.7 Å². The lowest BCUT2D eigenvalue weighted by molar-refractivity contribution is 0.0355. The van der Waals surface area contributed by atoms with Gasteiger partial charge in [0.2, 0.25) is 0 Å². The van der Waals surface area contributed by atoms with Crippen molar-refractivity contribution in [2.24, 2.45) is 0 Å². The number of ether oxygens (including phenoxy) is 2. The number of amides is 1. The highest BCUT2D eigenvalue weighted by Crippen LogP contribution is 2.35. The average Bonchev–Trinajstić information content (AvgIpc) is 3.49. The predicted octanol–water partition coefficient (Wildman–Crippen LogP) is 4.26. The van der Waals surface area contributed by atoms with E-state index in [4.69, 9.17) is 21.1 Å². The van der Waals surface area contributed by atoms with Crippen molar-refractivity contribution in [3.63, 3.8) is 0 Å². The van der Waals surface area contributed by atoms with Crippen LogP contribution in [-0.4, -0.2) is 65.3 Å². The average molecular weight is 573 g/mol. The SMILES string of the molecule is C=CCO[C@H]1CN(c2nc(-c3ncccc3F)c(C(=O)OCC)s2)CC[C@H]1NC(=O)c1[nH]c(C)c(Cl)c1C#N. The zero-order valence-corrected chi connectivity index (χ0v) is 22.9. The molecule has 39 heavy (non-hydrogen) atoms. The molecule has 0 saturated carbocycles. The van der Waals surface area contributed by atoms with Crippen LogP contribution < -0.4 is 10.2 Å². The van der Waals surface area contributed by atoms with Crippen molar-refractivity contribution in [1.82, 2.24) is 20.3 Å². The van der Waals surface area contributed by atoms with Gasteiger partial charge in [-0.1, -0.05) is 29.0 Å². The highest BCUT2D eigenvalue weighted by molar-refractivity contribution is 7.17. The van der Waals surface area contributed by atoms with Crippen LogP contribution in [0.5, 0.6) is 0 Å². The molecule has 2 N–H and O–H groups in total. The zero-order valence-electron chi connectivity index (χ0n) is 21.3. The van der Waals surface area contributed by atoms with E-state index in [1.807, 2.05) is 11.0 Å². The van der Waals surface area contributed by atoms with Crippen molar-refractivity contribution >= 4 is 39.9 Å².